The van der Waals surface area contributed by atoms with Crippen LogP contribution in [0.15, 0.2) is 12.1 Å². The molecule has 1 N–H and O–H groups in total. The van der Waals surface area contributed by atoms with Crippen molar-refractivity contribution in [3.05, 3.63) is 26.9 Å². The van der Waals surface area contributed by atoms with Crippen LogP contribution in [0.2, 0.25) is 0 Å². The number of hydrogen-bond acceptors (Lipinski definition) is 5. The second kappa shape index (κ2) is 5.37. The minimum absolute atomic E-state index is 0.109. The van der Waals surface area contributed by atoms with Gasteiger partial charge < -0.3 is 0 Å². The van der Waals surface area contributed by atoms with Crippen LogP contribution < -0.4 is 5.32 Å². The molecule has 0 fully saturated rings. The van der Waals surface area contributed by atoms with Crippen LogP contribution in [0.1, 0.15) is 32.9 Å². The van der Waals surface area contributed by atoms with Gasteiger partial charge in [-0.25, -0.2) is 0 Å². The van der Waals surface area contributed by atoms with Gasteiger partial charge in [0.15, 0.2) is 0 Å². The van der Waals surface area contributed by atoms with E-state index >= 15 is 0 Å². The predicted octanol–water partition coefficient (Wildman–Crippen LogP) is 3.11. The Morgan fingerprint density at radius 3 is 2.82 bits per heavy atom. The zero-order chi connectivity index (χ0) is 12.3. The van der Waals surface area contributed by atoms with Crippen LogP contribution in [-0.4, -0.2) is 16.1 Å². The zero-order valence-corrected chi connectivity index (χ0v) is 11.3. The Balaban J connectivity index is 2.02. The molecule has 6 heteroatoms. The number of anilines is 1. The molecular weight excluding hydrogens is 254 g/mol. The second-order valence-corrected chi connectivity index (χ2v) is 5.97. The quantitative estimate of drug-likeness (QED) is 0.926. The first-order chi connectivity index (χ1) is 8.19. The topological polar surface area (TPSA) is 54.9 Å². The first kappa shape index (κ1) is 12.2. The minimum Gasteiger partial charge on any atom is -0.296 e. The third-order valence-corrected chi connectivity index (χ3v) is 4.01. The third kappa shape index (κ3) is 3.10. The number of hydrogen-bond donors (Lipinski definition) is 1. The summed E-state index contributed by atoms with van der Waals surface area (Å²) in [6, 6.07) is 3.76. The van der Waals surface area contributed by atoms with E-state index in [1.54, 1.807) is 0 Å². The first-order valence-electron chi connectivity index (χ1n) is 5.39. The van der Waals surface area contributed by atoms with Gasteiger partial charge in [0.25, 0.3) is 5.91 Å². The lowest BCUT2D eigenvalue weighted by molar-refractivity contribution is 0.103. The summed E-state index contributed by atoms with van der Waals surface area (Å²) in [6.07, 6.45) is 1.94. The second-order valence-electron chi connectivity index (χ2n) is 3.62. The van der Waals surface area contributed by atoms with Crippen LogP contribution in [0.25, 0.3) is 0 Å². The lowest BCUT2D eigenvalue weighted by atomic mass is 10.4. The molecular formula is C11H13N3OS2. The summed E-state index contributed by atoms with van der Waals surface area (Å²) >= 11 is 2.91. The van der Waals surface area contributed by atoms with Crippen molar-refractivity contribution in [2.75, 3.05) is 5.32 Å². The normalized spacial score (nSPS) is 10.5. The van der Waals surface area contributed by atoms with E-state index in [1.807, 2.05) is 19.1 Å². The number of nitrogens with zero attached hydrogens (tertiary/aromatic N) is 2. The maximum absolute atomic E-state index is 11.8. The van der Waals surface area contributed by atoms with Crippen LogP contribution in [0, 0.1) is 6.92 Å². The van der Waals surface area contributed by atoms with Crippen molar-refractivity contribution in [1.29, 1.82) is 0 Å². The van der Waals surface area contributed by atoms with Crippen LogP contribution >= 0.6 is 22.7 Å². The van der Waals surface area contributed by atoms with Gasteiger partial charge in [0.2, 0.25) is 5.13 Å². The fourth-order valence-corrected chi connectivity index (χ4v) is 2.93. The largest absolute Gasteiger partial charge is 0.296 e. The molecule has 0 spiro atoms. The molecule has 2 aromatic heterocycles. The van der Waals surface area contributed by atoms with Crippen molar-refractivity contribution in [1.82, 2.24) is 10.2 Å². The number of nitrogens with one attached hydrogen (secondary N) is 1. The summed E-state index contributed by atoms with van der Waals surface area (Å²) in [5.41, 5.74) is 0. The molecule has 0 atom stereocenters. The Morgan fingerprint density at radius 1 is 1.35 bits per heavy atom. The van der Waals surface area contributed by atoms with Gasteiger partial charge in [0.05, 0.1) is 4.88 Å². The third-order valence-electron chi connectivity index (χ3n) is 2.12. The van der Waals surface area contributed by atoms with Crippen molar-refractivity contribution in [3.8, 4) is 0 Å². The molecule has 0 bridgehead atoms. The van der Waals surface area contributed by atoms with E-state index in [1.165, 1.54) is 22.7 Å². The molecule has 17 heavy (non-hydrogen) atoms. The summed E-state index contributed by atoms with van der Waals surface area (Å²) in [4.78, 5) is 13.7. The first-order valence-corrected chi connectivity index (χ1v) is 7.02. The van der Waals surface area contributed by atoms with Crippen molar-refractivity contribution in [2.24, 2.45) is 0 Å². The van der Waals surface area contributed by atoms with Gasteiger partial charge in [-0.2, -0.15) is 0 Å². The standard InChI is InChI=1S/C11H13N3OS2/c1-3-4-9-13-14-11(17-9)12-10(15)8-6-5-7(2)16-8/h5-6H,3-4H2,1-2H3,(H,12,14,15). The van der Waals surface area contributed by atoms with E-state index in [-0.39, 0.29) is 5.91 Å². The van der Waals surface area contributed by atoms with E-state index in [0.29, 0.717) is 10.0 Å². The molecule has 0 saturated heterocycles. The van der Waals surface area contributed by atoms with Gasteiger partial charge in [-0.15, -0.1) is 21.5 Å². The Hall–Kier alpha value is -1.27. The van der Waals surface area contributed by atoms with Crippen LogP contribution in [0.3, 0.4) is 0 Å². The molecule has 0 aliphatic carbocycles. The number of aromatic nitrogens is 2. The lowest BCUT2D eigenvalue weighted by Crippen LogP contribution is -2.09. The molecule has 1 amide bonds. The van der Waals surface area contributed by atoms with Crippen molar-refractivity contribution >= 4 is 33.7 Å². The highest BCUT2D eigenvalue weighted by Crippen LogP contribution is 2.20. The molecule has 4 nitrogen and oxygen atoms in total. The van der Waals surface area contributed by atoms with E-state index in [2.05, 4.69) is 22.4 Å². The average Bonchev–Trinajstić information content (AvgIpc) is 2.88. The Labute approximate surface area is 108 Å². The van der Waals surface area contributed by atoms with E-state index in [0.717, 1.165) is 22.7 Å². The number of aryl methyl sites for hydroxylation is 2. The number of amides is 1. The molecule has 90 valence electrons. The lowest BCUT2D eigenvalue weighted by Gasteiger charge is -1.96. The molecule has 0 saturated carbocycles. The Kier molecular flexibility index (Phi) is 3.86. The Morgan fingerprint density at radius 2 is 2.18 bits per heavy atom. The van der Waals surface area contributed by atoms with Gasteiger partial charge >= 0.3 is 0 Å². The van der Waals surface area contributed by atoms with Gasteiger partial charge in [0, 0.05) is 11.3 Å². The van der Waals surface area contributed by atoms with Crippen LogP contribution in [0.5, 0.6) is 0 Å². The highest BCUT2D eigenvalue weighted by atomic mass is 32.1. The van der Waals surface area contributed by atoms with Crippen LogP contribution in [-0.2, 0) is 6.42 Å². The smallest absolute Gasteiger partial charge is 0.267 e. The molecule has 0 aliphatic rings. The SMILES string of the molecule is CCCc1nnc(NC(=O)c2ccc(C)s2)s1. The maximum Gasteiger partial charge on any atom is 0.267 e. The zero-order valence-electron chi connectivity index (χ0n) is 9.69. The maximum atomic E-state index is 11.8. The summed E-state index contributed by atoms with van der Waals surface area (Å²) in [5, 5.41) is 12.3. The predicted molar refractivity (Wildman–Crippen MR) is 70.9 cm³/mol. The fourth-order valence-electron chi connectivity index (χ4n) is 1.33. The number of rotatable bonds is 4. The monoisotopic (exact) mass is 267 g/mol. The highest BCUT2D eigenvalue weighted by molar-refractivity contribution is 7.16. The highest BCUT2D eigenvalue weighted by Gasteiger charge is 2.11. The minimum atomic E-state index is -0.109. The summed E-state index contributed by atoms with van der Waals surface area (Å²) in [5.74, 6) is -0.109. The van der Waals surface area contributed by atoms with Crippen molar-refractivity contribution in [2.45, 2.75) is 26.7 Å². The number of carbonyl (C=O) groups is 1. The van der Waals surface area contributed by atoms with E-state index in [4.69, 9.17) is 0 Å². The number of thiophene rings is 1. The average molecular weight is 267 g/mol. The van der Waals surface area contributed by atoms with Gasteiger partial charge in [0.1, 0.15) is 5.01 Å². The Bertz CT molecular complexity index is 518. The number of carbonyl (C=O) groups excluding carboxylic acids is 1. The molecule has 0 aromatic carbocycles. The molecule has 2 aromatic rings. The molecule has 0 aliphatic heterocycles. The fraction of sp³-hybridized carbons (Fsp3) is 0.364. The van der Waals surface area contributed by atoms with Crippen molar-refractivity contribution in [3.63, 3.8) is 0 Å². The van der Waals surface area contributed by atoms with Gasteiger partial charge in [-0.05, 0) is 25.5 Å². The van der Waals surface area contributed by atoms with E-state index < -0.39 is 0 Å². The summed E-state index contributed by atoms with van der Waals surface area (Å²) in [6.45, 7) is 4.07. The summed E-state index contributed by atoms with van der Waals surface area (Å²) < 4.78 is 0. The van der Waals surface area contributed by atoms with Crippen molar-refractivity contribution < 1.29 is 4.79 Å². The van der Waals surface area contributed by atoms with Gasteiger partial charge in [-0.3, -0.25) is 10.1 Å². The summed E-state index contributed by atoms with van der Waals surface area (Å²) in [7, 11) is 0. The molecule has 2 heterocycles. The molecule has 0 radical (unpaired) electrons. The van der Waals surface area contributed by atoms with Crippen LogP contribution in [0.4, 0.5) is 5.13 Å². The van der Waals surface area contributed by atoms with Gasteiger partial charge in [-0.1, -0.05) is 18.3 Å². The molecule has 2 rings (SSSR count). The molecule has 0 unspecified atom stereocenters. The van der Waals surface area contributed by atoms with E-state index in [9.17, 15) is 4.79 Å².